The van der Waals surface area contributed by atoms with Crippen molar-refractivity contribution < 1.29 is 4.74 Å². The second-order valence-electron chi connectivity index (χ2n) is 6.35. The van der Waals surface area contributed by atoms with Gasteiger partial charge in [0.15, 0.2) is 0 Å². The summed E-state index contributed by atoms with van der Waals surface area (Å²) >= 11 is 0. The van der Waals surface area contributed by atoms with Crippen LogP contribution in [0.15, 0.2) is 12.1 Å². The van der Waals surface area contributed by atoms with Crippen LogP contribution < -0.4 is 10.1 Å². The van der Waals surface area contributed by atoms with Crippen molar-refractivity contribution in [3.05, 3.63) is 28.8 Å². The first-order valence-corrected chi connectivity index (χ1v) is 7.88. The fourth-order valence-corrected chi connectivity index (χ4v) is 2.96. The molecule has 0 spiro atoms. The minimum atomic E-state index is 0.808. The van der Waals surface area contributed by atoms with Crippen LogP contribution in [0, 0.1) is 19.8 Å². The van der Waals surface area contributed by atoms with E-state index in [1.165, 1.54) is 29.5 Å². The van der Waals surface area contributed by atoms with E-state index >= 15 is 0 Å². The van der Waals surface area contributed by atoms with E-state index in [9.17, 15) is 0 Å². The summed E-state index contributed by atoms with van der Waals surface area (Å²) in [5, 5.41) is 3.41. The summed E-state index contributed by atoms with van der Waals surface area (Å²) in [7, 11) is 0. The summed E-state index contributed by atoms with van der Waals surface area (Å²) in [6.45, 7) is 10.7. The van der Waals surface area contributed by atoms with E-state index < -0.39 is 0 Å². The molecule has 20 heavy (non-hydrogen) atoms. The van der Waals surface area contributed by atoms with Crippen LogP contribution in [-0.2, 0) is 6.54 Å². The smallest absolute Gasteiger partial charge is 0.126 e. The molecule has 1 aliphatic heterocycles. The Hall–Kier alpha value is -1.06. The number of ether oxygens (including phenoxy) is 1. The Balaban J connectivity index is 1.74. The molecule has 1 heterocycles. The average molecular weight is 274 g/mol. The lowest BCUT2D eigenvalue weighted by Crippen LogP contribution is -2.42. The SMILES string of the molecule is Cc1cc(C)c(OCC2CC2)c(CN2CCNCC2)c1. The van der Waals surface area contributed by atoms with Crippen molar-refractivity contribution in [2.75, 3.05) is 32.8 Å². The van der Waals surface area contributed by atoms with Gasteiger partial charge in [-0.2, -0.15) is 0 Å². The molecule has 0 bridgehead atoms. The zero-order valence-corrected chi connectivity index (χ0v) is 12.7. The van der Waals surface area contributed by atoms with E-state index in [0.29, 0.717) is 0 Å². The normalized spacial score (nSPS) is 20.1. The molecule has 0 radical (unpaired) electrons. The first-order chi connectivity index (χ1) is 9.72. The van der Waals surface area contributed by atoms with Gasteiger partial charge in [-0.1, -0.05) is 17.7 Å². The summed E-state index contributed by atoms with van der Waals surface area (Å²) in [6.07, 6.45) is 2.69. The molecule has 2 aliphatic rings. The van der Waals surface area contributed by atoms with Crippen molar-refractivity contribution in [2.24, 2.45) is 5.92 Å². The summed E-state index contributed by atoms with van der Waals surface area (Å²) in [5.41, 5.74) is 3.99. The molecule has 0 amide bonds. The molecule has 3 nitrogen and oxygen atoms in total. The van der Waals surface area contributed by atoms with Crippen molar-refractivity contribution in [1.82, 2.24) is 10.2 Å². The van der Waals surface area contributed by atoms with Gasteiger partial charge in [0.1, 0.15) is 5.75 Å². The number of benzene rings is 1. The van der Waals surface area contributed by atoms with Crippen LogP contribution in [0.25, 0.3) is 0 Å². The van der Waals surface area contributed by atoms with E-state index in [-0.39, 0.29) is 0 Å². The van der Waals surface area contributed by atoms with E-state index in [1.54, 1.807) is 0 Å². The van der Waals surface area contributed by atoms with Gasteiger partial charge in [-0.05, 0) is 38.2 Å². The third-order valence-electron chi connectivity index (χ3n) is 4.26. The van der Waals surface area contributed by atoms with Crippen LogP contribution >= 0.6 is 0 Å². The van der Waals surface area contributed by atoms with Crippen LogP contribution in [0.2, 0.25) is 0 Å². The Morgan fingerprint density at radius 2 is 1.95 bits per heavy atom. The Morgan fingerprint density at radius 1 is 1.20 bits per heavy atom. The molecule has 110 valence electrons. The number of hydrogen-bond donors (Lipinski definition) is 1. The summed E-state index contributed by atoms with van der Waals surface area (Å²) in [6, 6.07) is 4.54. The van der Waals surface area contributed by atoms with Gasteiger partial charge in [-0.25, -0.2) is 0 Å². The zero-order valence-electron chi connectivity index (χ0n) is 12.7. The molecule has 1 aromatic rings. The lowest BCUT2D eigenvalue weighted by molar-refractivity contribution is 0.226. The number of nitrogens with zero attached hydrogens (tertiary/aromatic N) is 1. The number of aryl methyl sites for hydroxylation is 2. The van der Waals surface area contributed by atoms with Crippen molar-refractivity contribution >= 4 is 0 Å². The molecule has 0 unspecified atom stereocenters. The molecule has 1 saturated carbocycles. The maximum absolute atomic E-state index is 6.15. The Labute approximate surface area is 122 Å². The van der Waals surface area contributed by atoms with Crippen molar-refractivity contribution in [2.45, 2.75) is 33.2 Å². The monoisotopic (exact) mass is 274 g/mol. The van der Waals surface area contributed by atoms with Gasteiger partial charge in [-0.3, -0.25) is 4.90 Å². The number of rotatable bonds is 5. The van der Waals surface area contributed by atoms with Gasteiger partial charge in [0.2, 0.25) is 0 Å². The van der Waals surface area contributed by atoms with Gasteiger partial charge < -0.3 is 10.1 Å². The minimum absolute atomic E-state index is 0.808. The summed E-state index contributed by atoms with van der Waals surface area (Å²) in [4.78, 5) is 2.52. The van der Waals surface area contributed by atoms with Crippen LogP contribution in [0.4, 0.5) is 0 Å². The van der Waals surface area contributed by atoms with Crippen molar-refractivity contribution in [3.8, 4) is 5.75 Å². The van der Waals surface area contributed by atoms with E-state index in [2.05, 4.69) is 36.2 Å². The summed E-state index contributed by atoms with van der Waals surface area (Å²) in [5.74, 6) is 1.95. The molecule has 1 aliphatic carbocycles. The van der Waals surface area contributed by atoms with E-state index in [0.717, 1.165) is 51.0 Å². The van der Waals surface area contributed by atoms with Crippen molar-refractivity contribution in [1.29, 1.82) is 0 Å². The average Bonchev–Trinajstić information content (AvgIpc) is 3.23. The number of piperazine rings is 1. The number of nitrogens with one attached hydrogen (secondary N) is 1. The highest BCUT2D eigenvalue weighted by Gasteiger charge is 2.23. The highest BCUT2D eigenvalue weighted by Crippen LogP contribution is 2.32. The maximum Gasteiger partial charge on any atom is 0.126 e. The van der Waals surface area contributed by atoms with E-state index in [4.69, 9.17) is 4.74 Å². The predicted molar refractivity (Wildman–Crippen MR) is 82.3 cm³/mol. The Morgan fingerprint density at radius 3 is 2.65 bits per heavy atom. The fourth-order valence-electron chi connectivity index (χ4n) is 2.96. The Kier molecular flexibility index (Phi) is 4.27. The van der Waals surface area contributed by atoms with E-state index in [1.807, 2.05) is 0 Å². The number of hydrogen-bond acceptors (Lipinski definition) is 3. The standard InChI is InChI=1S/C17H26N2O/c1-13-9-14(2)17(20-12-15-3-4-15)16(10-13)11-19-7-5-18-6-8-19/h9-10,15,18H,3-8,11-12H2,1-2H3. The fraction of sp³-hybridized carbons (Fsp3) is 0.647. The maximum atomic E-state index is 6.15. The molecule has 1 N–H and O–H groups in total. The lowest BCUT2D eigenvalue weighted by atomic mass is 10.0. The van der Waals surface area contributed by atoms with Gasteiger partial charge in [0.05, 0.1) is 6.61 Å². The van der Waals surface area contributed by atoms with Crippen LogP contribution in [-0.4, -0.2) is 37.7 Å². The zero-order chi connectivity index (χ0) is 13.9. The molecule has 3 rings (SSSR count). The molecule has 2 fully saturated rings. The largest absolute Gasteiger partial charge is 0.493 e. The molecule has 1 aromatic carbocycles. The first kappa shape index (κ1) is 13.9. The van der Waals surface area contributed by atoms with Gasteiger partial charge in [0, 0.05) is 38.3 Å². The van der Waals surface area contributed by atoms with Gasteiger partial charge in [-0.15, -0.1) is 0 Å². The molecular formula is C17H26N2O. The quantitative estimate of drug-likeness (QED) is 0.893. The molecular weight excluding hydrogens is 248 g/mol. The third-order valence-corrected chi connectivity index (χ3v) is 4.26. The van der Waals surface area contributed by atoms with Gasteiger partial charge >= 0.3 is 0 Å². The molecule has 0 atom stereocenters. The summed E-state index contributed by atoms with van der Waals surface area (Å²) < 4.78 is 6.15. The van der Waals surface area contributed by atoms with Crippen LogP contribution in [0.5, 0.6) is 5.75 Å². The predicted octanol–water partition coefficient (Wildman–Crippen LogP) is 2.50. The molecule has 0 aromatic heterocycles. The van der Waals surface area contributed by atoms with Crippen LogP contribution in [0.3, 0.4) is 0 Å². The van der Waals surface area contributed by atoms with Crippen molar-refractivity contribution in [3.63, 3.8) is 0 Å². The minimum Gasteiger partial charge on any atom is -0.493 e. The lowest BCUT2D eigenvalue weighted by Gasteiger charge is -2.28. The molecule has 3 heteroatoms. The first-order valence-electron chi connectivity index (χ1n) is 7.88. The highest BCUT2D eigenvalue weighted by molar-refractivity contribution is 5.44. The molecule has 1 saturated heterocycles. The third kappa shape index (κ3) is 3.53. The topological polar surface area (TPSA) is 24.5 Å². The second kappa shape index (κ2) is 6.15. The second-order valence-corrected chi connectivity index (χ2v) is 6.35. The highest BCUT2D eigenvalue weighted by atomic mass is 16.5. The van der Waals surface area contributed by atoms with Gasteiger partial charge in [0.25, 0.3) is 0 Å². The van der Waals surface area contributed by atoms with Crippen LogP contribution in [0.1, 0.15) is 29.5 Å². The Bertz CT molecular complexity index is 462.